The molecule has 0 bridgehead atoms. The van der Waals surface area contributed by atoms with E-state index in [0.717, 1.165) is 42.5 Å². The van der Waals surface area contributed by atoms with E-state index in [2.05, 4.69) is 46.7 Å². The second kappa shape index (κ2) is 15.0. The summed E-state index contributed by atoms with van der Waals surface area (Å²) in [5, 5.41) is 21.8. The summed E-state index contributed by atoms with van der Waals surface area (Å²) in [5.74, 6) is 0.941. The maximum Gasteiger partial charge on any atom is 0.295 e. The molecule has 0 aliphatic carbocycles. The highest BCUT2D eigenvalue weighted by molar-refractivity contribution is 7.86. The second-order valence-corrected chi connectivity index (χ2v) is 13.0. The smallest absolute Gasteiger partial charge is 0.295 e. The molecule has 0 saturated heterocycles. The monoisotopic (exact) mass is 648 g/mol. The lowest BCUT2D eigenvalue weighted by molar-refractivity contribution is 0.0933. The van der Waals surface area contributed by atoms with Gasteiger partial charge in [-0.25, -0.2) is 4.98 Å². The normalized spacial score (nSPS) is 11.9. The minimum absolute atomic E-state index is 0.144. The Kier molecular flexibility index (Phi) is 11.1. The summed E-state index contributed by atoms with van der Waals surface area (Å²) in [6, 6.07) is 14.6. The number of hydrogen-bond acceptors (Lipinski definition) is 9. The number of phenols is 1. The number of anilines is 1. The van der Waals surface area contributed by atoms with Gasteiger partial charge in [-0.05, 0) is 67.0 Å². The maximum absolute atomic E-state index is 12.7. The largest absolute Gasteiger partial charge is 0.507 e. The van der Waals surface area contributed by atoms with E-state index in [9.17, 15) is 22.9 Å². The fourth-order valence-electron chi connectivity index (χ4n) is 4.85. The van der Waals surface area contributed by atoms with Crippen LogP contribution in [0.4, 0.5) is 5.82 Å². The number of nitrogens with one attached hydrogen (secondary N) is 2. The number of carbonyl (C=O) groups is 1. The number of aryl methyl sites for hydroxylation is 2. The highest BCUT2D eigenvalue weighted by atomic mass is 32.2. The quantitative estimate of drug-likeness (QED) is 0.0567. The molecule has 0 unspecified atom stereocenters. The van der Waals surface area contributed by atoms with E-state index in [1.807, 2.05) is 19.2 Å². The van der Waals surface area contributed by atoms with E-state index in [1.54, 1.807) is 35.1 Å². The molecule has 4 N–H and O–H groups in total. The zero-order valence-corrected chi connectivity index (χ0v) is 27.2. The molecule has 4 rings (SSSR count). The van der Waals surface area contributed by atoms with Crippen molar-refractivity contribution in [2.24, 2.45) is 17.6 Å². The van der Waals surface area contributed by atoms with Gasteiger partial charge in [-0.15, -0.1) is 0 Å². The summed E-state index contributed by atoms with van der Waals surface area (Å²) in [6.07, 6.45) is 7.76. The van der Waals surface area contributed by atoms with Crippen LogP contribution in [0.3, 0.4) is 0 Å². The number of ether oxygens (including phenoxy) is 1. The molecule has 13 heteroatoms. The molecule has 1 amide bonds. The van der Waals surface area contributed by atoms with Gasteiger partial charge in [-0.3, -0.25) is 19.5 Å². The maximum atomic E-state index is 12.7. The predicted octanol–water partition coefficient (Wildman–Crippen LogP) is 5.45. The van der Waals surface area contributed by atoms with E-state index in [0.29, 0.717) is 30.3 Å². The number of nitrogens with zero attached hydrogens (tertiary/aromatic N) is 4. The van der Waals surface area contributed by atoms with Crippen LogP contribution < -0.4 is 15.5 Å². The van der Waals surface area contributed by atoms with Crippen molar-refractivity contribution >= 4 is 28.1 Å². The van der Waals surface area contributed by atoms with Crippen molar-refractivity contribution in [3.8, 4) is 22.8 Å². The number of rotatable bonds is 15. The van der Waals surface area contributed by atoms with Crippen molar-refractivity contribution in [1.82, 2.24) is 20.1 Å². The van der Waals surface area contributed by atoms with Gasteiger partial charge < -0.3 is 15.2 Å². The predicted molar refractivity (Wildman–Crippen MR) is 177 cm³/mol. The SMILES string of the molecule is CCc1cc(-c2ccnn2C)c(O)cc1OCCCCC(C)(C)CNC(=O)c1ccc(NN=Cc2ccccc2S(=O)(=O)O)nc1. The number of unbranched alkanes of at least 4 members (excludes halogenated alkanes) is 1. The van der Waals surface area contributed by atoms with Crippen molar-refractivity contribution in [3.05, 3.63) is 83.7 Å². The topological polar surface area (TPSA) is 168 Å². The molecule has 0 saturated carbocycles. The lowest BCUT2D eigenvalue weighted by Crippen LogP contribution is -2.34. The molecule has 244 valence electrons. The van der Waals surface area contributed by atoms with Crippen LogP contribution in [-0.2, 0) is 23.6 Å². The van der Waals surface area contributed by atoms with Crippen LogP contribution in [0.15, 0.2) is 77.0 Å². The second-order valence-electron chi connectivity index (χ2n) is 11.6. The first-order chi connectivity index (χ1) is 21.9. The van der Waals surface area contributed by atoms with E-state index in [1.165, 1.54) is 30.6 Å². The molecule has 2 heterocycles. The van der Waals surface area contributed by atoms with Gasteiger partial charge in [0.25, 0.3) is 16.0 Å². The number of hydrazone groups is 1. The summed E-state index contributed by atoms with van der Waals surface area (Å²) in [6.45, 7) is 7.25. The summed E-state index contributed by atoms with van der Waals surface area (Å²) >= 11 is 0. The van der Waals surface area contributed by atoms with Crippen LogP contribution in [0.1, 0.15) is 61.5 Å². The van der Waals surface area contributed by atoms with Gasteiger partial charge in [0.1, 0.15) is 22.2 Å². The van der Waals surface area contributed by atoms with Crippen molar-refractivity contribution in [1.29, 1.82) is 0 Å². The summed E-state index contributed by atoms with van der Waals surface area (Å²) in [5.41, 5.74) is 5.72. The number of phenolic OH excluding ortho intramolecular Hbond substituents is 1. The molecule has 0 spiro atoms. The van der Waals surface area contributed by atoms with E-state index in [-0.39, 0.29) is 27.5 Å². The van der Waals surface area contributed by atoms with Gasteiger partial charge in [0, 0.05) is 43.2 Å². The number of aromatic nitrogens is 3. The molecule has 2 aromatic carbocycles. The number of benzene rings is 2. The number of aromatic hydroxyl groups is 1. The van der Waals surface area contributed by atoms with Crippen LogP contribution in [-0.4, -0.2) is 58.1 Å². The molecular weight excluding hydrogens is 608 g/mol. The third-order valence-electron chi connectivity index (χ3n) is 7.49. The fraction of sp³-hybridized carbons (Fsp3) is 0.333. The molecule has 0 atom stereocenters. The molecular formula is C33H40N6O6S. The van der Waals surface area contributed by atoms with Crippen molar-refractivity contribution in [2.75, 3.05) is 18.6 Å². The van der Waals surface area contributed by atoms with Gasteiger partial charge in [-0.1, -0.05) is 39.0 Å². The third kappa shape index (κ3) is 9.14. The van der Waals surface area contributed by atoms with Gasteiger partial charge in [0.05, 0.1) is 24.1 Å². The number of amides is 1. The lowest BCUT2D eigenvalue weighted by atomic mass is 9.87. The minimum Gasteiger partial charge on any atom is -0.507 e. The summed E-state index contributed by atoms with van der Waals surface area (Å²) < 4.78 is 40.2. The van der Waals surface area contributed by atoms with Gasteiger partial charge in [0.2, 0.25) is 0 Å². The molecule has 0 aliphatic rings. The lowest BCUT2D eigenvalue weighted by Gasteiger charge is -2.25. The average molecular weight is 649 g/mol. The first kappa shape index (κ1) is 34.1. The Morgan fingerprint density at radius 3 is 2.59 bits per heavy atom. The molecule has 0 radical (unpaired) electrons. The zero-order chi connectivity index (χ0) is 33.3. The molecule has 0 fully saturated rings. The Hall–Kier alpha value is -4.75. The summed E-state index contributed by atoms with van der Waals surface area (Å²) in [4.78, 5) is 16.7. The zero-order valence-electron chi connectivity index (χ0n) is 26.4. The molecule has 46 heavy (non-hydrogen) atoms. The Morgan fingerprint density at radius 2 is 1.91 bits per heavy atom. The van der Waals surface area contributed by atoms with Gasteiger partial charge in [-0.2, -0.15) is 18.6 Å². The number of hydrogen-bond donors (Lipinski definition) is 4. The molecule has 4 aromatic rings. The number of carbonyl (C=O) groups excluding carboxylic acids is 1. The first-order valence-corrected chi connectivity index (χ1v) is 16.4. The highest BCUT2D eigenvalue weighted by Crippen LogP contribution is 2.35. The first-order valence-electron chi connectivity index (χ1n) is 14.9. The van der Waals surface area contributed by atoms with Crippen LogP contribution in [0, 0.1) is 5.41 Å². The van der Waals surface area contributed by atoms with Crippen LogP contribution >= 0.6 is 0 Å². The van der Waals surface area contributed by atoms with Gasteiger partial charge >= 0.3 is 0 Å². The van der Waals surface area contributed by atoms with Crippen molar-refractivity contribution in [2.45, 2.75) is 51.3 Å². The minimum atomic E-state index is -4.39. The Balaban J connectivity index is 1.20. The Bertz CT molecular complexity index is 1780. The Morgan fingerprint density at radius 1 is 1.13 bits per heavy atom. The van der Waals surface area contributed by atoms with Crippen LogP contribution in [0.2, 0.25) is 0 Å². The Labute approximate surface area is 269 Å². The van der Waals surface area contributed by atoms with Crippen LogP contribution in [0.5, 0.6) is 11.5 Å². The third-order valence-corrected chi connectivity index (χ3v) is 8.42. The van der Waals surface area contributed by atoms with Gasteiger partial charge in [0.15, 0.2) is 0 Å². The van der Waals surface area contributed by atoms with Crippen molar-refractivity contribution in [3.63, 3.8) is 0 Å². The molecule has 2 aromatic heterocycles. The van der Waals surface area contributed by atoms with Crippen LogP contribution in [0.25, 0.3) is 11.3 Å². The van der Waals surface area contributed by atoms with E-state index in [4.69, 9.17) is 4.74 Å². The number of pyridine rings is 1. The average Bonchev–Trinajstić information content (AvgIpc) is 3.45. The molecule has 0 aliphatic heterocycles. The van der Waals surface area contributed by atoms with Crippen molar-refractivity contribution < 1.29 is 27.6 Å². The fourth-order valence-corrected chi connectivity index (χ4v) is 5.52. The van der Waals surface area contributed by atoms with E-state index >= 15 is 0 Å². The van der Waals surface area contributed by atoms with E-state index < -0.39 is 10.1 Å². The standard InChI is InChI=1S/C33H40N6O6S/c1-5-23-18-26(27-14-16-37-39(27)4)28(40)19-29(23)45-17-9-8-15-33(2,3)22-35-32(41)25-12-13-31(34-20-25)38-36-21-24-10-6-7-11-30(24)46(42,43)44/h6-7,10-14,16,18-21,40H,5,8-9,15,17,22H2,1-4H3,(H,34,38)(H,35,41)(H,42,43,44). The molecule has 12 nitrogen and oxygen atoms in total. The summed E-state index contributed by atoms with van der Waals surface area (Å²) in [7, 11) is -2.55. The highest BCUT2D eigenvalue weighted by Gasteiger charge is 2.20.